The Kier molecular flexibility index (Phi) is 8.27. The molecule has 8 nitrogen and oxygen atoms in total. The van der Waals surface area contributed by atoms with E-state index < -0.39 is 21.9 Å². The first-order valence-electron chi connectivity index (χ1n) is 10.8. The molecule has 0 aliphatic heterocycles. The van der Waals surface area contributed by atoms with Gasteiger partial charge in [-0.05, 0) is 68.0 Å². The fourth-order valence-electron chi connectivity index (χ4n) is 3.10. The Hall–Kier alpha value is -4.11. The molecule has 35 heavy (non-hydrogen) atoms. The quantitative estimate of drug-likeness (QED) is 0.331. The lowest BCUT2D eigenvalue weighted by Gasteiger charge is -2.13. The lowest BCUT2D eigenvalue weighted by molar-refractivity contribution is -0.137. The number of rotatable bonds is 9. The molecule has 0 aliphatic carbocycles. The minimum atomic E-state index is -4.02. The highest BCUT2D eigenvalue weighted by Crippen LogP contribution is 2.27. The summed E-state index contributed by atoms with van der Waals surface area (Å²) in [5.74, 6) is -0.819. The number of hydrogen-bond donors (Lipinski definition) is 2. The van der Waals surface area contributed by atoms with E-state index in [0.717, 1.165) is 11.1 Å². The first kappa shape index (κ1) is 25.5. The van der Waals surface area contributed by atoms with Crippen LogP contribution < -0.4 is 14.8 Å². The topological polar surface area (TPSA) is 111 Å². The molecule has 0 aliphatic rings. The number of aryl methyl sites for hydroxylation is 1. The van der Waals surface area contributed by atoms with E-state index in [1.54, 1.807) is 61.5 Å². The molecule has 0 radical (unpaired) electrons. The van der Waals surface area contributed by atoms with Crippen LogP contribution in [0, 0.1) is 6.92 Å². The van der Waals surface area contributed by atoms with Crippen LogP contribution in [0.15, 0.2) is 77.7 Å². The maximum Gasteiger partial charge on any atom is 0.330 e. The summed E-state index contributed by atoms with van der Waals surface area (Å²) in [6, 6.07) is 17.8. The highest BCUT2D eigenvalue weighted by atomic mass is 32.2. The van der Waals surface area contributed by atoms with Gasteiger partial charge in [-0.25, -0.2) is 13.2 Å². The van der Waals surface area contributed by atoms with E-state index >= 15 is 0 Å². The minimum absolute atomic E-state index is 0.110. The molecule has 0 aromatic heterocycles. The van der Waals surface area contributed by atoms with E-state index in [-0.39, 0.29) is 16.2 Å². The number of anilines is 2. The van der Waals surface area contributed by atoms with Gasteiger partial charge in [-0.3, -0.25) is 9.52 Å². The van der Waals surface area contributed by atoms with Gasteiger partial charge in [0, 0.05) is 23.0 Å². The van der Waals surface area contributed by atoms with Crippen LogP contribution in [0.2, 0.25) is 0 Å². The number of benzene rings is 3. The number of nitrogens with one attached hydrogen (secondary N) is 2. The molecule has 0 fully saturated rings. The second-order valence-corrected chi connectivity index (χ2v) is 9.15. The Morgan fingerprint density at radius 3 is 2.23 bits per heavy atom. The molecule has 2 N–H and O–H groups in total. The SMILES string of the molecule is CCOC(=O)/C=C/c1ccc(NC(=O)c2ccc(OC)c(S(=O)(=O)Nc3ccc(C)cc3)c2)cc1. The van der Waals surface area contributed by atoms with Crippen molar-refractivity contribution in [2.45, 2.75) is 18.7 Å². The van der Waals surface area contributed by atoms with Crippen molar-refractivity contribution in [3.63, 3.8) is 0 Å². The summed E-state index contributed by atoms with van der Waals surface area (Å²) in [5.41, 5.74) is 2.77. The van der Waals surface area contributed by atoms with Crippen LogP contribution in [0.4, 0.5) is 11.4 Å². The largest absolute Gasteiger partial charge is 0.495 e. The zero-order valence-corrected chi connectivity index (χ0v) is 20.4. The Balaban J connectivity index is 1.77. The number of ether oxygens (including phenoxy) is 2. The molecule has 0 saturated carbocycles. The van der Waals surface area contributed by atoms with Crippen molar-refractivity contribution in [3.05, 3.63) is 89.5 Å². The number of hydrogen-bond acceptors (Lipinski definition) is 6. The Morgan fingerprint density at radius 1 is 0.943 bits per heavy atom. The van der Waals surface area contributed by atoms with Crippen molar-refractivity contribution in [2.24, 2.45) is 0 Å². The predicted molar refractivity (Wildman–Crippen MR) is 135 cm³/mol. The lowest BCUT2D eigenvalue weighted by Crippen LogP contribution is -2.17. The molecule has 3 aromatic rings. The average molecular weight is 495 g/mol. The third-order valence-electron chi connectivity index (χ3n) is 4.89. The van der Waals surface area contributed by atoms with Gasteiger partial charge in [0.1, 0.15) is 10.6 Å². The van der Waals surface area contributed by atoms with E-state index in [1.165, 1.54) is 31.4 Å². The monoisotopic (exact) mass is 494 g/mol. The van der Waals surface area contributed by atoms with E-state index in [1.807, 2.05) is 6.92 Å². The van der Waals surface area contributed by atoms with E-state index in [0.29, 0.717) is 18.0 Å². The number of carbonyl (C=O) groups is 2. The van der Waals surface area contributed by atoms with Gasteiger partial charge in [-0.15, -0.1) is 0 Å². The summed E-state index contributed by atoms with van der Waals surface area (Å²) >= 11 is 0. The van der Waals surface area contributed by atoms with Gasteiger partial charge in [-0.2, -0.15) is 0 Å². The van der Waals surface area contributed by atoms with Crippen molar-refractivity contribution < 1.29 is 27.5 Å². The van der Waals surface area contributed by atoms with Crippen LogP contribution in [0.5, 0.6) is 5.75 Å². The number of esters is 1. The summed E-state index contributed by atoms with van der Waals surface area (Å²) < 4.78 is 38.6. The minimum Gasteiger partial charge on any atom is -0.495 e. The third-order valence-corrected chi connectivity index (χ3v) is 6.29. The molecule has 0 spiro atoms. The summed E-state index contributed by atoms with van der Waals surface area (Å²) in [4.78, 5) is 24.1. The predicted octanol–water partition coefficient (Wildman–Crippen LogP) is 4.63. The molecule has 3 aromatic carbocycles. The molecule has 3 rings (SSSR count). The highest BCUT2D eigenvalue weighted by Gasteiger charge is 2.22. The van der Waals surface area contributed by atoms with Crippen LogP contribution >= 0.6 is 0 Å². The number of sulfonamides is 1. The Morgan fingerprint density at radius 2 is 1.60 bits per heavy atom. The zero-order valence-electron chi connectivity index (χ0n) is 19.6. The van der Waals surface area contributed by atoms with E-state index in [9.17, 15) is 18.0 Å². The van der Waals surface area contributed by atoms with Gasteiger partial charge in [0.25, 0.3) is 15.9 Å². The smallest absolute Gasteiger partial charge is 0.330 e. The molecular formula is C26H26N2O6S. The fourth-order valence-corrected chi connectivity index (χ4v) is 4.35. The highest BCUT2D eigenvalue weighted by molar-refractivity contribution is 7.92. The summed E-state index contributed by atoms with van der Waals surface area (Å²) in [6.07, 6.45) is 2.92. The first-order chi connectivity index (χ1) is 16.7. The summed E-state index contributed by atoms with van der Waals surface area (Å²) in [6.45, 7) is 3.92. The second kappa shape index (κ2) is 11.3. The maximum absolute atomic E-state index is 13.0. The van der Waals surface area contributed by atoms with Crippen molar-refractivity contribution in [1.82, 2.24) is 0 Å². The van der Waals surface area contributed by atoms with Gasteiger partial charge in [0.05, 0.1) is 13.7 Å². The normalized spacial score (nSPS) is 11.2. The lowest BCUT2D eigenvalue weighted by atomic mass is 10.1. The van der Waals surface area contributed by atoms with Crippen molar-refractivity contribution >= 4 is 39.4 Å². The summed E-state index contributed by atoms with van der Waals surface area (Å²) in [7, 11) is -2.66. The Labute approximate surface area is 204 Å². The number of carbonyl (C=O) groups excluding carboxylic acids is 2. The van der Waals surface area contributed by atoms with Crippen LogP contribution in [0.1, 0.15) is 28.4 Å². The van der Waals surface area contributed by atoms with Gasteiger partial charge in [0.15, 0.2) is 0 Å². The molecule has 0 bridgehead atoms. The average Bonchev–Trinajstić information content (AvgIpc) is 2.84. The first-order valence-corrected chi connectivity index (χ1v) is 12.2. The van der Waals surface area contributed by atoms with Gasteiger partial charge >= 0.3 is 5.97 Å². The van der Waals surface area contributed by atoms with Gasteiger partial charge in [-0.1, -0.05) is 29.8 Å². The molecule has 9 heteroatoms. The van der Waals surface area contributed by atoms with E-state index in [4.69, 9.17) is 9.47 Å². The number of methoxy groups -OCH3 is 1. The second-order valence-electron chi connectivity index (χ2n) is 7.50. The molecule has 0 heterocycles. The molecule has 0 unspecified atom stereocenters. The molecule has 0 saturated heterocycles. The Bertz CT molecular complexity index is 1330. The van der Waals surface area contributed by atoms with Crippen LogP contribution in [-0.4, -0.2) is 34.0 Å². The van der Waals surface area contributed by atoms with Crippen LogP contribution in [-0.2, 0) is 19.6 Å². The van der Waals surface area contributed by atoms with Crippen LogP contribution in [0.25, 0.3) is 6.08 Å². The molecular weight excluding hydrogens is 468 g/mol. The van der Waals surface area contributed by atoms with Crippen LogP contribution in [0.3, 0.4) is 0 Å². The third kappa shape index (κ3) is 6.94. The van der Waals surface area contributed by atoms with E-state index in [2.05, 4.69) is 10.0 Å². The van der Waals surface area contributed by atoms with Crippen molar-refractivity contribution in [1.29, 1.82) is 0 Å². The van der Waals surface area contributed by atoms with Gasteiger partial charge in [0.2, 0.25) is 0 Å². The maximum atomic E-state index is 13.0. The number of amides is 1. The van der Waals surface area contributed by atoms with Crippen molar-refractivity contribution in [3.8, 4) is 5.75 Å². The zero-order chi connectivity index (χ0) is 25.4. The summed E-state index contributed by atoms with van der Waals surface area (Å²) in [5, 5.41) is 2.73. The molecule has 1 amide bonds. The molecule has 182 valence electrons. The van der Waals surface area contributed by atoms with Gasteiger partial charge < -0.3 is 14.8 Å². The molecule has 0 atom stereocenters. The standard InChI is InChI=1S/C26H26N2O6S/c1-4-34-25(29)16-9-19-7-13-21(14-8-19)27-26(30)20-10-15-23(33-3)24(17-20)35(31,32)28-22-11-5-18(2)6-12-22/h5-17,28H,4H2,1-3H3,(H,27,30)/b16-9+. The fraction of sp³-hybridized carbons (Fsp3) is 0.154. The van der Waals surface area contributed by atoms with Crippen molar-refractivity contribution in [2.75, 3.05) is 23.8 Å².